The van der Waals surface area contributed by atoms with Crippen LogP contribution < -0.4 is 0 Å². The van der Waals surface area contributed by atoms with Crippen molar-refractivity contribution in [1.82, 2.24) is 4.57 Å². The summed E-state index contributed by atoms with van der Waals surface area (Å²) < 4.78 is 6.99. The third-order valence-corrected chi connectivity index (χ3v) is 3.45. The summed E-state index contributed by atoms with van der Waals surface area (Å²) in [5.74, 6) is -0.600. The van der Waals surface area contributed by atoms with Gasteiger partial charge in [0.1, 0.15) is 0 Å². The number of benzene rings is 1. The molecule has 1 atom stereocenters. The van der Waals surface area contributed by atoms with Crippen LogP contribution in [0.2, 0.25) is 0 Å². The molecule has 108 valence electrons. The monoisotopic (exact) mass is 275 g/mol. The maximum atomic E-state index is 11.8. The van der Waals surface area contributed by atoms with E-state index in [9.17, 15) is 9.90 Å². The number of aromatic nitrogens is 1. The average molecular weight is 275 g/mol. The Morgan fingerprint density at radius 3 is 2.70 bits per heavy atom. The summed E-state index contributed by atoms with van der Waals surface area (Å²) in [6, 6.07) is 6.14. The molecule has 0 aliphatic rings. The van der Waals surface area contributed by atoms with Crippen molar-refractivity contribution in [2.45, 2.75) is 39.8 Å². The highest BCUT2D eigenvalue weighted by Gasteiger charge is 2.24. The molecule has 0 bridgehead atoms. The predicted molar refractivity (Wildman–Crippen MR) is 78.7 cm³/mol. The number of aliphatic hydroxyl groups excluding tert-OH is 1. The van der Waals surface area contributed by atoms with Crippen LogP contribution in [0.15, 0.2) is 24.4 Å². The maximum Gasteiger partial charge on any atom is 0.339 e. The average Bonchev–Trinajstić information content (AvgIpc) is 2.79. The van der Waals surface area contributed by atoms with Crippen LogP contribution in [0.1, 0.15) is 44.0 Å². The minimum absolute atomic E-state index is 0.252. The molecule has 1 unspecified atom stereocenters. The van der Waals surface area contributed by atoms with Gasteiger partial charge in [-0.1, -0.05) is 18.2 Å². The Hall–Kier alpha value is -1.81. The Balaban J connectivity index is 2.60. The van der Waals surface area contributed by atoms with Gasteiger partial charge in [0.2, 0.25) is 0 Å². The number of nitrogens with zero attached hydrogens (tertiary/aromatic N) is 1. The van der Waals surface area contributed by atoms with Gasteiger partial charge in [-0.05, 0) is 33.3 Å². The lowest BCUT2D eigenvalue weighted by atomic mass is 10.1. The second-order valence-electron chi connectivity index (χ2n) is 5.21. The molecule has 2 rings (SSSR count). The zero-order valence-corrected chi connectivity index (χ0v) is 12.4. The summed E-state index contributed by atoms with van der Waals surface area (Å²) in [5, 5.41) is 11.1. The smallest absolute Gasteiger partial charge is 0.339 e. The number of aliphatic hydroxyl groups is 1. The largest absolute Gasteiger partial charge is 0.464 e. The molecule has 0 spiro atoms. The SMILES string of the molecule is CCOC(=O)C(O)c1cn(C(C)C)c2c(C)cccc12. The number of fused-ring (bicyclic) bond motifs is 1. The van der Waals surface area contributed by atoms with E-state index in [0.717, 1.165) is 16.5 Å². The molecule has 0 saturated carbocycles. The first kappa shape index (κ1) is 14.6. The van der Waals surface area contributed by atoms with Gasteiger partial charge in [0.05, 0.1) is 12.1 Å². The third kappa shape index (κ3) is 2.43. The molecule has 0 radical (unpaired) electrons. The van der Waals surface area contributed by atoms with Gasteiger partial charge in [0.15, 0.2) is 6.10 Å². The minimum Gasteiger partial charge on any atom is -0.464 e. The number of rotatable bonds is 4. The molecule has 1 aromatic carbocycles. The second kappa shape index (κ2) is 5.67. The Labute approximate surface area is 119 Å². The summed E-state index contributed by atoms with van der Waals surface area (Å²) in [5.41, 5.74) is 2.79. The van der Waals surface area contributed by atoms with Gasteiger partial charge >= 0.3 is 5.97 Å². The van der Waals surface area contributed by atoms with E-state index >= 15 is 0 Å². The molecule has 0 fully saturated rings. The van der Waals surface area contributed by atoms with Crippen LogP contribution in [0.5, 0.6) is 0 Å². The fourth-order valence-corrected chi connectivity index (χ4v) is 2.49. The Morgan fingerprint density at radius 2 is 2.10 bits per heavy atom. The summed E-state index contributed by atoms with van der Waals surface area (Å²) in [4.78, 5) is 11.8. The first-order chi connectivity index (χ1) is 9.47. The lowest BCUT2D eigenvalue weighted by Gasteiger charge is -2.10. The quantitative estimate of drug-likeness (QED) is 0.872. The zero-order valence-electron chi connectivity index (χ0n) is 12.4. The zero-order chi connectivity index (χ0) is 14.9. The number of carbonyl (C=O) groups is 1. The summed E-state index contributed by atoms with van der Waals surface area (Å²) >= 11 is 0. The van der Waals surface area contributed by atoms with Crippen LogP contribution >= 0.6 is 0 Å². The summed E-state index contributed by atoms with van der Waals surface area (Å²) in [6.07, 6.45) is 0.614. The van der Waals surface area contributed by atoms with Crippen molar-refractivity contribution in [3.63, 3.8) is 0 Å². The van der Waals surface area contributed by atoms with Crippen LogP contribution in [-0.4, -0.2) is 22.2 Å². The fourth-order valence-electron chi connectivity index (χ4n) is 2.49. The van der Waals surface area contributed by atoms with Crippen molar-refractivity contribution in [2.24, 2.45) is 0 Å². The predicted octanol–water partition coefficient (Wildman–Crippen LogP) is 3.13. The third-order valence-electron chi connectivity index (χ3n) is 3.45. The topological polar surface area (TPSA) is 51.5 Å². The standard InChI is InChI=1S/C16H21NO3/c1-5-20-16(19)15(18)13-9-17(10(2)3)14-11(4)7-6-8-12(13)14/h6-10,15,18H,5H2,1-4H3. The first-order valence-electron chi connectivity index (χ1n) is 6.92. The molecular formula is C16H21NO3. The van der Waals surface area contributed by atoms with E-state index in [4.69, 9.17) is 4.74 Å². The first-order valence-corrected chi connectivity index (χ1v) is 6.92. The molecule has 0 aliphatic carbocycles. The highest BCUT2D eigenvalue weighted by atomic mass is 16.5. The number of esters is 1. The Bertz CT molecular complexity index is 628. The van der Waals surface area contributed by atoms with Crippen molar-refractivity contribution in [3.8, 4) is 0 Å². The Morgan fingerprint density at radius 1 is 1.40 bits per heavy atom. The highest BCUT2D eigenvalue weighted by Crippen LogP contribution is 2.31. The van der Waals surface area contributed by atoms with Crippen LogP contribution in [-0.2, 0) is 9.53 Å². The van der Waals surface area contributed by atoms with E-state index < -0.39 is 12.1 Å². The lowest BCUT2D eigenvalue weighted by molar-refractivity contribution is -0.153. The highest BCUT2D eigenvalue weighted by molar-refractivity contribution is 5.91. The number of ether oxygens (including phenoxy) is 1. The number of hydrogen-bond donors (Lipinski definition) is 1. The van der Waals surface area contributed by atoms with E-state index in [1.165, 1.54) is 0 Å². The number of carbonyl (C=O) groups excluding carboxylic acids is 1. The van der Waals surface area contributed by atoms with Crippen LogP contribution in [0.3, 0.4) is 0 Å². The summed E-state index contributed by atoms with van der Waals surface area (Å²) in [6.45, 7) is 8.17. The van der Waals surface area contributed by atoms with Crippen LogP contribution in [0, 0.1) is 6.92 Å². The van der Waals surface area contributed by atoms with Crippen molar-refractivity contribution in [2.75, 3.05) is 6.61 Å². The van der Waals surface area contributed by atoms with Gasteiger partial charge in [-0.3, -0.25) is 0 Å². The molecule has 2 aromatic rings. The number of para-hydroxylation sites is 1. The normalized spacial score (nSPS) is 12.9. The molecule has 1 aromatic heterocycles. The molecule has 4 heteroatoms. The minimum atomic E-state index is -1.24. The molecule has 0 aliphatic heterocycles. The lowest BCUT2D eigenvalue weighted by Crippen LogP contribution is -2.15. The molecule has 20 heavy (non-hydrogen) atoms. The van der Waals surface area contributed by atoms with Gasteiger partial charge in [-0.2, -0.15) is 0 Å². The maximum absolute atomic E-state index is 11.8. The van der Waals surface area contributed by atoms with E-state index in [1.54, 1.807) is 6.92 Å². The van der Waals surface area contributed by atoms with Crippen molar-refractivity contribution in [1.29, 1.82) is 0 Å². The molecule has 0 saturated heterocycles. The van der Waals surface area contributed by atoms with E-state index in [2.05, 4.69) is 18.4 Å². The molecule has 1 N–H and O–H groups in total. The fraction of sp³-hybridized carbons (Fsp3) is 0.438. The van der Waals surface area contributed by atoms with Gasteiger partial charge in [-0.25, -0.2) is 4.79 Å². The molecular weight excluding hydrogens is 254 g/mol. The van der Waals surface area contributed by atoms with E-state index in [-0.39, 0.29) is 12.6 Å². The Kier molecular flexibility index (Phi) is 4.14. The van der Waals surface area contributed by atoms with Gasteiger partial charge in [0.25, 0.3) is 0 Å². The van der Waals surface area contributed by atoms with E-state index in [1.807, 2.05) is 31.3 Å². The van der Waals surface area contributed by atoms with Crippen LogP contribution in [0.4, 0.5) is 0 Å². The summed E-state index contributed by atoms with van der Waals surface area (Å²) in [7, 11) is 0. The second-order valence-corrected chi connectivity index (χ2v) is 5.21. The van der Waals surface area contributed by atoms with Crippen molar-refractivity contribution < 1.29 is 14.6 Å². The molecule has 4 nitrogen and oxygen atoms in total. The van der Waals surface area contributed by atoms with Crippen molar-refractivity contribution >= 4 is 16.9 Å². The number of aryl methyl sites for hydroxylation is 1. The molecule has 0 amide bonds. The van der Waals surface area contributed by atoms with Crippen molar-refractivity contribution in [3.05, 3.63) is 35.5 Å². The number of hydrogen-bond acceptors (Lipinski definition) is 3. The van der Waals surface area contributed by atoms with Gasteiger partial charge in [-0.15, -0.1) is 0 Å². The van der Waals surface area contributed by atoms with Gasteiger partial charge in [0, 0.05) is 23.2 Å². The van der Waals surface area contributed by atoms with E-state index in [0.29, 0.717) is 5.56 Å². The van der Waals surface area contributed by atoms with Gasteiger partial charge < -0.3 is 14.4 Å². The molecule has 1 heterocycles. The van der Waals surface area contributed by atoms with Crippen LogP contribution in [0.25, 0.3) is 10.9 Å².